The van der Waals surface area contributed by atoms with Crippen molar-refractivity contribution in [2.75, 3.05) is 17.5 Å². The van der Waals surface area contributed by atoms with Gasteiger partial charge < -0.3 is 15.0 Å². The van der Waals surface area contributed by atoms with Crippen LogP contribution in [0.5, 0.6) is 5.75 Å². The quantitative estimate of drug-likeness (QED) is 0.216. The smallest absolute Gasteiger partial charge is 0.264 e. The molecule has 0 spiro atoms. The molecule has 43 heavy (non-hydrogen) atoms. The highest BCUT2D eigenvalue weighted by Gasteiger charge is 2.34. The van der Waals surface area contributed by atoms with Crippen molar-refractivity contribution < 1.29 is 27.1 Å². The Kier molecular flexibility index (Phi) is 12.2. The van der Waals surface area contributed by atoms with E-state index in [0.717, 1.165) is 16.4 Å². The Morgan fingerprint density at radius 3 is 2.07 bits per heavy atom. The highest BCUT2D eigenvalue weighted by molar-refractivity contribution is 7.92. The summed E-state index contributed by atoms with van der Waals surface area (Å²) in [6.45, 7) is 6.90. The van der Waals surface area contributed by atoms with Gasteiger partial charge in [0.1, 0.15) is 24.2 Å². The first-order valence-corrected chi connectivity index (χ1v) is 16.2. The summed E-state index contributed by atoms with van der Waals surface area (Å²) >= 11 is 12.9. The molecule has 2 amide bonds. The van der Waals surface area contributed by atoms with E-state index in [0.29, 0.717) is 34.4 Å². The minimum atomic E-state index is -4.34. The molecule has 0 aliphatic carbocycles. The van der Waals surface area contributed by atoms with Gasteiger partial charge in [-0.05, 0) is 87.4 Å². The first-order valence-electron chi connectivity index (χ1n) is 14.0. The average molecular weight is 653 g/mol. The van der Waals surface area contributed by atoms with E-state index in [4.69, 9.17) is 27.9 Å². The molecule has 1 N–H and O–H groups in total. The van der Waals surface area contributed by atoms with Gasteiger partial charge in [0.25, 0.3) is 10.0 Å². The Bertz CT molecular complexity index is 1480. The van der Waals surface area contributed by atoms with E-state index in [-0.39, 0.29) is 29.6 Å². The molecule has 0 fully saturated rings. The van der Waals surface area contributed by atoms with Gasteiger partial charge in [-0.3, -0.25) is 13.9 Å². The lowest BCUT2D eigenvalue weighted by Gasteiger charge is -2.34. The number of benzene rings is 3. The summed E-state index contributed by atoms with van der Waals surface area (Å²) in [5.74, 6) is -1.17. The van der Waals surface area contributed by atoms with Gasteiger partial charge in [0, 0.05) is 28.2 Å². The fraction of sp³-hybridized carbons (Fsp3) is 0.355. The van der Waals surface area contributed by atoms with E-state index in [1.165, 1.54) is 41.3 Å². The van der Waals surface area contributed by atoms with Crippen LogP contribution in [-0.4, -0.2) is 50.4 Å². The number of ether oxygens (including phenoxy) is 1. The van der Waals surface area contributed by atoms with Crippen molar-refractivity contribution in [3.05, 3.63) is 88.2 Å². The summed E-state index contributed by atoms with van der Waals surface area (Å²) in [5, 5.41) is 3.49. The van der Waals surface area contributed by atoms with Gasteiger partial charge in [0.15, 0.2) is 0 Å². The minimum Gasteiger partial charge on any atom is -0.494 e. The predicted molar refractivity (Wildman–Crippen MR) is 168 cm³/mol. The van der Waals surface area contributed by atoms with E-state index in [2.05, 4.69) is 5.32 Å². The van der Waals surface area contributed by atoms with Crippen LogP contribution in [0, 0.1) is 5.82 Å². The molecule has 3 rings (SSSR count). The van der Waals surface area contributed by atoms with Gasteiger partial charge >= 0.3 is 0 Å². The second-order valence-corrected chi connectivity index (χ2v) is 12.5. The predicted octanol–water partition coefficient (Wildman–Crippen LogP) is 6.45. The number of halogens is 3. The van der Waals surface area contributed by atoms with Gasteiger partial charge in [-0.1, -0.05) is 43.1 Å². The molecule has 0 aliphatic heterocycles. The van der Waals surface area contributed by atoms with Crippen LogP contribution >= 0.6 is 23.2 Å². The van der Waals surface area contributed by atoms with Crippen molar-refractivity contribution in [1.29, 1.82) is 0 Å². The number of amides is 2. The van der Waals surface area contributed by atoms with Crippen LogP contribution in [0.15, 0.2) is 71.6 Å². The lowest BCUT2D eigenvalue weighted by molar-refractivity contribution is -0.140. The molecule has 0 saturated heterocycles. The van der Waals surface area contributed by atoms with Gasteiger partial charge in [-0.2, -0.15) is 0 Å². The van der Waals surface area contributed by atoms with E-state index in [9.17, 15) is 22.4 Å². The van der Waals surface area contributed by atoms with Gasteiger partial charge in [-0.25, -0.2) is 12.8 Å². The molecular weight excluding hydrogens is 616 g/mol. The largest absolute Gasteiger partial charge is 0.494 e. The lowest BCUT2D eigenvalue weighted by atomic mass is 10.1. The monoisotopic (exact) mass is 651 g/mol. The highest BCUT2D eigenvalue weighted by Crippen LogP contribution is 2.29. The summed E-state index contributed by atoms with van der Waals surface area (Å²) < 4.78 is 48.1. The topological polar surface area (TPSA) is 96.0 Å². The number of rotatable bonds is 14. The Labute approximate surface area is 262 Å². The summed E-state index contributed by atoms with van der Waals surface area (Å²) in [7, 11) is -4.34. The number of carbonyl (C=O) groups is 2. The van der Waals surface area contributed by atoms with E-state index in [1.54, 1.807) is 32.0 Å². The molecule has 232 valence electrons. The molecule has 3 aromatic rings. The molecule has 2 atom stereocenters. The van der Waals surface area contributed by atoms with Crippen molar-refractivity contribution in [3.8, 4) is 5.75 Å². The number of sulfonamides is 1. The summed E-state index contributed by atoms with van der Waals surface area (Å²) in [5.41, 5.74) is 0.480. The zero-order chi connectivity index (χ0) is 31.7. The van der Waals surface area contributed by atoms with Crippen molar-refractivity contribution in [2.45, 2.75) is 64.1 Å². The van der Waals surface area contributed by atoms with Crippen molar-refractivity contribution in [3.63, 3.8) is 0 Å². The number of anilines is 1. The van der Waals surface area contributed by atoms with Crippen molar-refractivity contribution in [2.24, 2.45) is 0 Å². The molecule has 0 bridgehead atoms. The molecule has 0 saturated carbocycles. The maximum Gasteiger partial charge on any atom is 0.264 e. The number of hydrogen-bond donors (Lipinski definition) is 1. The van der Waals surface area contributed by atoms with Crippen LogP contribution in [0.2, 0.25) is 10.0 Å². The molecule has 12 heteroatoms. The lowest BCUT2D eigenvalue weighted by Crippen LogP contribution is -2.53. The molecular formula is C31H36Cl2FN3O5S. The first-order chi connectivity index (χ1) is 20.4. The molecule has 0 aromatic heterocycles. The Hall–Kier alpha value is -3.34. The summed E-state index contributed by atoms with van der Waals surface area (Å²) in [6.07, 6.45) is 0.906. The summed E-state index contributed by atoms with van der Waals surface area (Å²) in [4.78, 5) is 28.7. The van der Waals surface area contributed by atoms with Crippen molar-refractivity contribution >= 4 is 50.7 Å². The van der Waals surface area contributed by atoms with Gasteiger partial charge in [0.05, 0.1) is 17.2 Å². The molecule has 0 aliphatic rings. The number of carbonyl (C=O) groups excluding carboxylic acids is 2. The maximum atomic E-state index is 14.2. The second-order valence-electron chi connectivity index (χ2n) is 9.86. The van der Waals surface area contributed by atoms with Gasteiger partial charge in [0.2, 0.25) is 11.8 Å². The van der Waals surface area contributed by atoms with Crippen LogP contribution in [0.4, 0.5) is 10.1 Å². The van der Waals surface area contributed by atoms with E-state index >= 15 is 0 Å². The third-order valence-corrected chi connectivity index (χ3v) is 9.39. The summed E-state index contributed by atoms with van der Waals surface area (Å²) in [6, 6.07) is 14.3. The Morgan fingerprint density at radius 2 is 1.53 bits per heavy atom. The Morgan fingerprint density at radius 1 is 0.930 bits per heavy atom. The Balaban J connectivity index is 2.09. The average Bonchev–Trinajstić information content (AvgIpc) is 2.98. The molecule has 0 heterocycles. The van der Waals surface area contributed by atoms with Crippen LogP contribution in [-0.2, 0) is 26.2 Å². The van der Waals surface area contributed by atoms with Crippen LogP contribution in [0.3, 0.4) is 0 Å². The van der Waals surface area contributed by atoms with Crippen LogP contribution < -0.4 is 14.4 Å². The second kappa shape index (κ2) is 15.4. The number of hydrogen-bond acceptors (Lipinski definition) is 5. The molecule has 0 unspecified atom stereocenters. The van der Waals surface area contributed by atoms with Crippen LogP contribution in [0.1, 0.15) is 46.1 Å². The van der Waals surface area contributed by atoms with E-state index < -0.39 is 40.2 Å². The van der Waals surface area contributed by atoms with Gasteiger partial charge in [-0.15, -0.1) is 0 Å². The molecule has 8 nitrogen and oxygen atoms in total. The molecule has 3 aromatic carbocycles. The van der Waals surface area contributed by atoms with Crippen molar-refractivity contribution in [1.82, 2.24) is 10.2 Å². The minimum absolute atomic E-state index is 0.0662. The fourth-order valence-corrected chi connectivity index (χ4v) is 6.28. The zero-order valence-corrected chi connectivity index (χ0v) is 26.8. The normalized spacial score (nSPS) is 12.7. The highest BCUT2D eigenvalue weighted by atomic mass is 35.5. The fourth-order valence-electron chi connectivity index (χ4n) is 4.35. The SMILES string of the molecule is CCOc1ccc(S(=O)(=O)N(CC(=O)N(Cc2c(Cl)cccc2Cl)[C@@H](CC)C(=O)N[C@@H](C)CC)c2ccc(F)cc2)cc1. The first kappa shape index (κ1) is 34.2. The third-order valence-electron chi connectivity index (χ3n) is 6.89. The van der Waals surface area contributed by atoms with E-state index in [1.807, 2.05) is 13.8 Å². The number of nitrogens with zero attached hydrogens (tertiary/aromatic N) is 2. The zero-order valence-electron chi connectivity index (χ0n) is 24.5. The number of nitrogens with one attached hydrogen (secondary N) is 1. The maximum absolute atomic E-state index is 14.2. The molecule has 0 radical (unpaired) electrons. The third kappa shape index (κ3) is 8.61. The van der Waals surface area contributed by atoms with Crippen LogP contribution in [0.25, 0.3) is 0 Å². The standard InChI is InChI=1S/C31H36Cl2FN3O5S/c1-5-21(4)35-31(39)29(6-2)36(19-26-27(32)9-8-10-28(26)33)30(38)20-37(23-13-11-22(34)12-14-23)43(40,41)25-17-15-24(16-18-25)42-7-3/h8-18,21,29H,5-7,19-20H2,1-4H3,(H,35,39)/t21-,29-/m0/s1.